The molecule has 1 fully saturated rings. The van der Waals surface area contributed by atoms with Gasteiger partial charge in [-0.3, -0.25) is 14.5 Å². The number of hydrogen-bond acceptors (Lipinski definition) is 10. The van der Waals surface area contributed by atoms with Gasteiger partial charge in [0.05, 0.1) is 12.0 Å². The van der Waals surface area contributed by atoms with Crippen molar-refractivity contribution in [2.45, 2.75) is 17.5 Å². The van der Waals surface area contributed by atoms with Gasteiger partial charge in [0.25, 0.3) is 11.6 Å². The highest BCUT2D eigenvalue weighted by atomic mass is 32.2. The van der Waals surface area contributed by atoms with Gasteiger partial charge < -0.3 is 30.1 Å². The first-order valence-corrected chi connectivity index (χ1v) is 12.1. The summed E-state index contributed by atoms with van der Waals surface area (Å²) in [5, 5.41) is 32.3. The Morgan fingerprint density at radius 2 is 2.00 bits per heavy atom. The number of hydrogen-bond donors (Lipinski definition) is 4. The molecule has 13 heteroatoms. The number of aromatic hydroxyl groups is 2. The number of phenols is 2. The van der Waals surface area contributed by atoms with Gasteiger partial charge in [-0.25, -0.2) is 9.59 Å². The maximum atomic E-state index is 13.1. The number of fused-ring (bicyclic) bond motifs is 1. The largest absolute Gasteiger partial charge is 0.504 e. The lowest BCUT2D eigenvalue weighted by Crippen LogP contribution is -2.80. The van der Waals surface area contributed by atoms with E-state index < -0.39 is 53.0 Å². The summed E-state index contributed by atoms with van der Waals surface area (Å²) in [5.41, 5.74) is -1.93. The van der Waals surface area contributed by atoms with E-state index in [4.69, 9.17) is 9.47 Å². The number of nitrogens with one attached hydrogen (secondary N) is 1. The molecule has 11 nitrogen and oxygen atoms in total. The Morgan fingerprint density at radius 3 is 2.63 bits per heavy atom. The molecule has 0 spiro atoms. The Hall–Kier alpha value is -3.55. The normalized spacial score (nSPS) is 21.2. The minimum Gasteiger partial charge on any atom is -0.504 e. The zero-order valence-corrected chi connectivity index (χ0v) is 19.9. The molecule has 2 aliphatic heterocycles. The molecule has 0 bridgehead atoms. The van der Waals surface area contributed by atoms with E-state index in [0.29, 0.717) is 0 Å². The minimum absolute atomic E-state index is 0.0447. The lowest BCUT2D eigenvalue weighted by Gasteiger charge is -2.55. The molecular weight excluding hydrogens is 500 g/mol. The van der Waals surface area contributed by atoms with Crippen LogP contribution >= 0.6 is 23.1 Å². The fourth-order valence-electron chi connectivity index (χ4n) is 3.76. The molecule has 2 atom stereocenters. The Kier molecular flexibility index (Phi) is 6.74. The van der Waals surface area contributed by atoms with Crippen LogP contribution in [-0.2, 0) is 30.3 Å². The first kappa shape index (κ1) is 24.6. The van der Waals surface area contributed by atoms with Crippen LogP contribution in [0.4, 0.5) is 0 Å². The first-order chi connectivity index (χ1) is 16.7. The molecule has 2 aliphatic rings. The quantitative estimate of drug-likeness (QED) is 0.173. The Morgan fingerprint density at radius 1 is 1.23 bits per heavy atom. The van der Waals surface area contributed by atoms with E-state index >= 15 is 0 Å². The summed E-state index contributed by atoms with van der Waals surface area (Å²) in [7, 11) is 1.26. The fraction of sp³-hybridized carbons (Fsp3) is 0.273. The van der Waals surface area contributed by atoms with E-state index in [-0.39, 0.29) is 29.0 Å². The monoisotopic (exact) mass is 520 g/mol. The number of carbonyl (C=O) groups is 4. The molecule has 3 heterocycles. The minimum atomic E-state index is -1.72. The van der Waals surface area contributed by atoms with Crippen molar-refractivity contribution in [1.29, 1.82) is 0 Å². The Balaban J connectivity index is 1.50. The number of β-lactam (4-membered cyclic amide) rings is 1. The average Bonchev–Trinajstić information content (AvgIpc) is 3.34. The SMILES string of the molecule is CO[C@]1(NC(=O)Cc2cccs2)C(=O)N2C(C(=O)O)=C(COC(=O)c3ccc(O)c(O)c3)CS[C@H]21. The van der Waals surface area contributed by atoms with Crippen molar-refractivity contribution >= 4 is 46.9 Å². The lowest BCUT2D eigenvalue weighted by molar-refractivity contribution is -0.192. The summed E-state index contributed by atoms with van der Waals surface area (Å²) in [6.45, 7) is -0.420. The molecule has 1 aromatic carbocycles. The molecule has 4 rings (SSSR count). The first-order valence-electron chi connectivity index (χ1n) is 10.2. The summed E-state index contributed by atoms with van der Waals surface area (Å²) < 4.78 is 10.6. The van der Waals surface area contributed by atoms with E-state index in [1.165, 1.54) is 24.5 Å². The molecule has 1 saturated heterocycles. The lowest BCUT2D eigenvalue weighted by atomic mass is 9.98. The van der Waals surface area contributed by atoms with Gasteiger partial charge in [0, 0.05) is 23.3 Å². The number of amides is 2. The standard InChI is InChI=1S/C22H20N2O9S2/c1-32-22(23-16(27)8-13-3-2-6-34-13)20(31)24-17(18(28)29)12(10-35-21(22)24)9-33-19(30)11-4-5-14(25)15(26)7-11/h2-7,21,25-26H,8-10H2,1H3,(H,23,27)(H,28,29)/t21-,22+/m0/s1. The second kappa shape index (κ2) is 9.60. The zero-order valence-electron chi connectivity index (χ0n) is 18.2. The maximum Gasteiger partial charge on any atom is 0.352 e. The van der Waals surface area contributed by atoms with Crippen LogP contribution < -0.4 is 5.32 Å². The zero-order chi connectivity index (χ0) is 25.3. The molecule has 4 N–H and O–H groups in total. The number of rotatable bonds is 8. The number of esters is 1. The number of thioether (sulfide) groups is 1. The van der Waals surface area contributed by atoms with Gasteiger partial charge in [-0.2, -0.15) is 0 Å². The molecule has 2 amide bonds. The van der Waals surface area contributed by atoms with Crippen LogP contribution in [0.15, 0.2) is 47.0 Å². The molecular formula is C22H20N2O9S2. The molecule has 35 heavy (non-hydrogen) atoms. The number of thiophene rings is 1. The van der Waals surface area contributed by atoms with Gasteiger partial charge in [0.15, 0.2) is 11.5 Å². The van der Waals surface area contributed by atoms with Crippen LogP contribution in [0.25, 0.3) is 0 Å². The number of ether oxygens (including phenoxy) is 2. The van der Waals surface area contributed by atoms with Crippen molar-refractivity contribution in [3.05, 3.63) is 57.4 Å². The molecule has 0 saturated carbocycles. The van der Waals surface area contributed by atoms with Gasteiger partial charge in [-0.15, -0.1) is 23.1 Å². The van der Waals surface area contributed by atoms with Crippen LogP contribution in [0.1, 0.15) is 15.2 Å². The van der Waals surface area contributed by atoms with E-state index in [2.05, 4.69) is 5.32 Å². The molecule has 2 aromatic rings. The summed E-state index contributed by atoms with van der Waals surface area (Å²) >= 11 is 2.55. The highest BCUT2D eigenvalue weighted by Gasteiger charge is 2.66. The molecule has 0 unspecified atom stereocenters. The number of carboxylic acids is 1. The van der Waals surface area contributed by atoms with E-state index in [0.717, 1.165) is 33.7 Å². The predicted octanol–water partition coefficient (Wildman–Crippen LogP) is 1.27. The summed E-state index contributed by atoms with van der Waals surface area (Å²) in [6, 6.07) is 6.95. The van der Waals surface area contributed by atoms with Crippen molar-refractivity contribution in [2.75, 3.05) is 19.5 Å². The smallest absolute Gasteiger partial charge is 0.352 e. The third kappa shape index (κ3) is 4.45. The predicted molar refractivity (Wildman–Crippen MR) is 124 cm³/mol. The molecule has 0 radical (unpaired) electrons. The number of benzene rings is 1. The topological polar surface area (TPSA) is 163 Å². The van der Waals surface area contributed by atoms with Crippen molar-refractivity contribution in [2.24, 2.45) is 0 Å². The van der Waals surface area contributed by atoms with Crippen LogP contribution in [-0.4, -0.2) is 74.5 Å². The number of aliphatic carboxylic acids is 1. The summed E-state index contributed by atoms with van der Waals surface area (Å²) in [4.78, 5) is 51.8. The molecule has 1 aromatic heterocycles. The maximum absolute atomic E-state index is 13.1. The average molecular weight is 521 g/mol. The highest BCUT2D eigenvalue weighted by Crippen LogP contribution is 2.46. The highest BCUT2D eigenvalue weighted by molar-refractivity contribution is 8.00. The molecule has 184 valence electrons. The second-order valence-corrected chi connectivity index (χ2v) is 9.72. The van der Waals surface area contributed by atoms with Crippen LogP contribution in [0.3, 0.4) is 0 Å². The van der Waals surface area contributed by atoms with Gasteiger partial charge in [0.1, 0.15) is 17.7 Å². The number of methoxy groups -OCH3 is 1. The van der Waals surface area contributed by atoms with E-state index in [1.807, 2.05) is 5.38 Å². The van der Waals surface area contributed by atoms with Crippen molar-refractivity contribution in [1.82, 2.24) is 10.2 Å². The van der Waals surface area contributed by atoms with Crippen LogP contribution in [0.5, 0.6) is 11.5 Å². The van der Waals surface area contributed by atoms with Gasteiger partial charge >= 0.3 is 11.9 Å². The number of carbonyl (C=O) groups excluding carboxylic acids is 3. The third-order valence-electron chi connectivity index (χ3n) is 5.46. The van der Waals surface area contributed by atoms with Crippen molar-refractivity contribution in [3.8, 4) is 11.5 Å². The van der Waals surface area contributed by atoms with Crippen molar-refractivity contribution < 1.29 is 44.0 Å². The summed E-state index contributed by atoms with van der Waals surface area (Å²) in [5.74, 6) is -4.27. The van der Waals surface area contributed by atoms with E-state index in [1.54, 1.807) is 12.1 Å². The van der Waals surface area contributed by atoms with Gasteiger partial charge in [-0.05, 0) is 29.6 Å². The summed E-state index contributed by atoms with van der Waals surface area (Å²) in [6.07, 6.45) is 0.0447. The second-order valence-electron chi connectivity index (χ2n) is 7.62. The molecule has 0 aliphatic carbocycles. The number of nitrogens with zero attached hydrogens (tertiary/aromatic N) is 1. The van der Waals surface area contributed by atoms with Crippen molar-refractivity contribution in [3.63, 3.8) is 0 Å². The van der Waals surface area contributed by atoms with Crippen LogP contribution in [0.2, 0.25) is 0 Å². The number of carboxylic acid groups (broad SMARTS) is 1. The van der Waals surface area contributed by atoms with E-state index in [9.17, 15) is 34.5 Å². The third-order valence-corrected chi connectivity index (χ3v) is 7.71. The van der Waals surface area contributed by atoms with Crippen LogP contribution in [0, 0.1) is 0 Å². The Labute approximate surface area is 206 Å². The number of phenolic OH excluding ortho intramolecular Hbond substituents is 2. The fourth-order valence-corrected chi connectivity index (χ4v) is 5.89. The van der Waals surface area contributed by atoms with Gasteiger partial charge in [-0.1, -0.05) is 6.07 Å². The Bertz CT molecular complexity index is 1230. The van der Waals surface area contributed by atoms with Gasteiger partial charge in [0.2, 0.25) is 5.91 Å².